The van der Waals surface area contributed by atoms with Crippen molar-refractivity contribution in [2.75, 3.05) is 6.61 Å². The first kappa shape index (κ1) is 15.2. The Morgan fingerprint density at radius 2 is 2.10 bits per heavy atom. The molecule has 112 valence electrons. The number of ether oxygens (including phenoxy) is 1. The van der Waals surface area contributed by atoms with Crippen molar-refractivity contribution in [3.63, 3.8) is 0 Å². The first-order valence-corrected chi connectivity index (χ1v) is 6.57. The van der Waals surface area contributed by atoms with Gasteiger partial charge in [0.25, 0.3) is 0 Å². The molecule has 4 nitrogen and oxygen atoms in total. The van der Waals surface area contributed by atoms with E-state index < -0.39 is 17.6 Å². The van der Waals surface area contributed by atoms with E-state index >= 15 is 0 Å². The molecule has 0 fully saturated rings. The SMILES string of the molecule is CCOC(=O)c1oc(-c2cc(F)ccc2F)nc1C(C)C. The summed E-state index contributed by atoms with van der Waals surface area (Å²) in [5, 5.41) is 0. The first-order chi connectivity index (χ1) is 9.93. The van der Waals surface area contributed by atoms with E-state index in [2.05, 4.69) is 4.98 Å². The Labute approximate surface area is 120 Å². The van der Waals surface area contributed by atoms with Crippen LogP contribution in [0.5, 0.6) is 0 Å². The first-order valence-electron chi connectivity index (χ1n) is 6.57. The lowest BCUT2D eigenvalue weighted by molar-refractivity contribution is 0.0488. The molecule has 0 saturated carbocycles. The van der Waals surface area contributed by atoms with Crippen LogP contribution in [-0.2, 0) is 4.74 Å². The van der Waals surface area contributed by atoms with Crippen LogP contribution in [0.15, 0.2) is 22.6 Å². The van der Waals surface area contributed by atoms with Gasteiger partial charge in [-0.3, -0.25) is 0 Å². The number of hydrogen-bond donors (Lipinski definition) is 0. The summed E-state index contributed by atoms with van der Waals surface area (Å²) in [4.78, 5) is 16.0. The smallest absolute Gasteiger partial charge is 0.376 e. The van der Waals surface area contributed by atoms with Crippen molar-refractivity contribution in [1.29, 1.82) is 0 Å². The Hall–Kier alpha value is -2.24. The molecule has 1 heterocycles. The Balaban J connectivity index is 2.53. The third-order valence-corrected chi connectivity index (χ3v) is 2.82. The average molecular weight is 295 g/mol. The van der Waals surface area contributed by atoms with Gasteiger partial charge in [0.2, 0.25) is 11.7 Å². The molecule has 0 N–H and O–H groups in total. The van der Waals surface area contributed by atoms with Crippen LogP contribution >= 0.6 is 0 Å². The fourth-order valence-corrected chi connectivity index (χ4v) is 1.84. The summed E-state index contributed by atoms with van der Waals surface area (Å²) < 4.78 is 37.2. The Morgan fingerprint density at radius 1 is 1.38 bits per heavy atom. The van der Waals surface area contributed by atoms with Crippen LogP contribution in [0.3, 0.4) is 0 Å². The zero-order chi connectivity index (χ0) is 15.6. The summed E-state index contributed by atoms with van der Waals surface area (Å²) in [6.45, 7) is 5.47. The van der Waals surface area contributed by atoms with E-state index in [4.69, 9.17) is 9.15 Å². The van der Waals surface area contributed by atoms with Crippen molar-refractivity contribution < 1.29 is 22.7 Å². The van der Waals surface area contributed by atoms with E-state index in [0.29, 0.717) is 5.69 Å². The van der Waals surface area contributed by atoms with E-state index in [1.54, 1.807) is 6.92 Å². The van der Waals surface area contributed by atoms with Gasteiger partial charge in [0, 0.05) is 0 Å². The second-order valence-electron chi connectivity index (χ2n) is 4.73. The number of carbonyl (C=O) groups excluding carboxylic acids is 1. The van der Waals surface area contributed by atoms with Crippen LogP contribution in [0.4, 0.5) is 8.78 Å². The Bertz CT molecular complexity index is 665. The predicted molar refractivity (Wildman–Crippen MR) is 71.9 cm³/mol. The Kier molecular flexibility index (Phi) is 4.35. The standard InChI is InChI=1S/C15H15F2NO3/c1-4-20-15(19)13-12(8(2)3)18-14(21-13)10-7-9(16)5-6-11(10)17/h5-8H,4H2,1-3H3. The van der Waals surface area contributed by atoms with Gasteiger partial charge in [-0.15, -0.1) is 0 Å². The average Bonchev–Trinajstić information content (AvgIpc) is 2.87. The minimum Gasteiger partial charge on any atom is -0.460 e. The summed E-state index contributed by atoms with van der Waals surface area (Å²) in [7, 11) is 0. The van der Waals surface area contributed by atoms with E-state index in [9.17, 15) is 13.6 Å². The summed E-state index contributed by atoms with van der Waals surface area (Å²) >= 11 is 0. The maximum atomic E-state index is 13.8. The number of carbonyl (C=O) groups is 1. The molecular formula is C15H15F2NO3. The molecule has 0 spiro atoms. The summed E-state index contributed by atoms with van der Waals surface area (Å²) in [6, 6.07) is 2.95. The van der Waals surface area contributed by atoms with Crippen LogP contribution in [0.25, 0.3) is 11.5 Å². The van der Waals surface area contributed by atoms with Crippen molar-refractivity contribution in [2.24, 2.45) is 0 Å². The monoisotopic (exact) mass is 295 g/mol. The van der Waals surface area contributed by atoms with Gasteiger partial charge < -0.3 is 9.15 Å². The van der Waals surface area contributed by atoms with Gasteiger partial charge in [0.1, 0.15) is 11.6 Å². The van der Waals surface area contributed by atoms with E-state index in [1.807, 2.05) is 13.8 Å². The fraction of sp³-hybridized carbons (Fsp3) is 0.333. The molecule has 2 rings (SSSR count). The van der Waals surface area contributed by atoms with Crippen LogP contribution in [0.1, 0.15) is 42.9 Å². The summed E-state index contributed by atoms with van der Waals surface area (Å²) in [5.41, 5.74) is 0.222. The quantitative estimate of drug-likeness (QED) is 0.802. The highest BCUT2D eigenvalue weighted by atomic mass is 19.1. The molecule has 1 aromatic carbocycles. The third kappa shape index (κ3) is 3.09. The Morgan fingerprint density at radius 3 is 2.71 bits per heavy atom. The minimum absolute atomic E-state index is 0.0782. The molecule has 0 amide bonds. The topological polar surface area (TPSA) is 52.3 Å². The number of nitrogens with zero attached hydrogens (tertiary/aromatic N) is 1. The lowest BCUT2D eigenvalue weighted by atomic mass is 10.1. The van der Waals surface area contributed by atoms with Gasteiger partial charge >= 0.3 is 5.97 Å². The number of oxazole rings is 1. The van der Waals surface area contributed by atoms with Gasteiger partial charge in [0.15, 0.2) is 0 Å². The lowest BCUT2D eigenvalue weighted by Gasteiger charge is -2.02. The van der Waals surface area contributed by atoms with E-state index in [1.165, 1.54) is 0 Å². The zero-order valence-electron chi connectivity index (χ0n) is 11.9. The lowest BCUT2D eigenvalue weighted by Crippen LogP contribution is -2.07. The second-order valence-corrected chi connectivity index (χ2v) is 4.73. The summed E-state index contributed by atoms with van der Waals surface area (Å²) in [5.74, 6) is -2.31. The van der Waals surface area contributed by atoms with Crippen molar-refractivity contribution in [2.45, 2.75) is 26.7 Å². The second kappa shape index (κ2) is 6.03. The predicted octanol–water partition coefficient (Wildman–Crippen LogP) is 3.92. The van der Waals surface area contributed by atoms with Crippen LogP contribution in [0.2, 0.25) is 0 Å². The largest absolute Gasteiger partial charge is 0.460 e. The molecule has 0 aliphatic rings. The molecule has 0 radical (unpaired) electrons. The molecular weight excluding hydrogens is 280 g/mol. The van der Waals surface area contributed by atoms with Crippen molar-refractivity contribution >= 4 is 5.97 Å². The van der Waals surface area contributed by atoms with Crippen LogP contribution in [0, 0.1) is 11.6 Å². The van der Waals surface area contributed by atoms with Crippen molar-refractivity contribution in [3.05, 3.63) is 41.3 Å². The molecule has 21 heavy (non-hydrogen) atoms. The van der Waals surface area contributed by atoms with Gasteiger partial charge in [-0.25, -0.2) is 18.6 Å². The fourth-order valence-electron chi connectivity index (χ4n) is 1.84. The number of benzene rings is 1. The maximum Gasteiger partial charge on any atom is 0.376 e. The van der Waals surface area contributed by atoms with Crippen molar-refractivity contribution in [3.8, 4) is 11.5 Å². The number of aromatic nitrogens is 1. The van der Waals surface area contributed by atoms with Crippen LogP contribution < -0.4 is 0 Å². The number of esters is 1. The minimum atomic E-state index is -0.677. The number of halogens is 2. The normalized spacial score (nSPS) is 11.0. The highest BCUT2D eigenvalue weighted by Gasteiger charge is 2.25. The zero-order valence-corrected chi connectivity index (χ0v) is 11.9. The number of hydrogen-bond acceptors (Lipinski definition) is 4. The van der Waals surface area contributed by atoms with E-state index in [-0.39, 0.29) is 29.7 Å². The molecule has 6 heteroatoms. The van der Waals surface area contributed by atoms with E-state index in [0.717, 1.165) is 18.2 Å². The molecule has 0 aliphatic heterocycles. The molecule has 0 aliphatic carbocycles. The van der Waals surface area contributed by atoms with Gasteiger partial charge in [-0.1, -0.05) is 13.8 Å². The maximum absolute atomic E-state index is 13.8. The molecule has 0 bridgehead atoms. The molecule has 2 aromatic rings. The number of rotatable bonds is 4. The van der Waals surface area contributed by atoms with Crippen molar-refractivity contribution in [1.82, 2.24) is 4.98 Å². The highest BCUT2D eigenvalue weighted by Crippen LogP contribution is 2.29. The molecule has 1 aromatic heterocycles. The van der Waals surface area contributed by atoms with Gasteiger partial charge in [-0.05, 0) is 31.0 Å². The summed E-state index contributed by atoms with van der Waals surface area (Å²) in [6.07, 6.45) is 0. The van der Waals surface area contributed by atoms with Gasteiger partial charge in [-0.2, -0.15) is 0 Å². The van der Waals surface area contributed by atoms with Gasteiger partial charge in [0.05, 0.1) is 17.9 Å². The third-order valence-electron chi connectivity index (χ3n) is 2.82. The molecule has 0 saturated heterocycles. The highest BCUT2D eigenvalue weighted by molar-refractivity contribution is 5.88. The molecule has 0 atom stereocenters. The van der Waals surface area contributed by atoms with Crippen LogP contribution in [-0.4, -0.2) is 17.6 Å². The molecule has 0 unspecified atom stereocenters.